The van der Waals surface area contributed by atoms with Crippen molar-refractivity contribution in [1.29, 1.82) is 0 Å². The molecule has 4 rings (SSSR count). The van der Waals surface area contributed by atoms with Gasteiger partial charge in [0.15, 0.2) is 6.29 Å². The van der Waals surface area contributed by atoms with E-state index in [4.69, 9.17) is 9.47 Å². The minimum Gasteiger partial charge on any atom is -0.350 e. The van der Waals surface area contributed by atoms with Crippen molar-refractivity contribution in [2.24, 2.45) is 16.7 Å². The van der Waals surface area contributed by atoms with Gasteiger partial charge >= 0.3 is 0 Å². The van der Waals surface area contributed by atoms with E-state index in [0.29, 0.717) is 16.9 Å². The highest BCUT2D eigenvalue weighted by atomic mass is 16.7. The Hall–Kier alpha value is -0.120. The van der Waals surface area contributed by atoms with Gasteiger partial charge in [-0.05, 0) is 61.7 Å². The molecule has 2 saturated heterocycles. The van der Waals surface area contributed by atoms with E-state index in [1.165, 1.54) is 58.0 Å². The van der Waals surface area contributed by atoms with Crippen molar-refractivity contribution in [1.82, 2.24) is 0 Å². The zero-order valence-electron chi connectivity index (χ0n) is 14.5. The number of hydrogen-bond acceptors (Lipinski definition) is 2. The second-order valence-corrected chi connectivity index (χ2v) is 9.22. The third-order valence-corrected chi connectivity index (χ3v) is 7.39. The molecule has 2 aliphatic carbocycles. The first-order chi connectivity index (χ1) is 10.6. The summed E-state index contributed by atoms with van der Waals surface area (Å²) in [5.74, 6) is 0.977. The second kappa shape index (κ2) is 5.75. The van der Waals surface area contributed by atoms with E-state index >= 15 is 0 Å². The molecule has 0 amide bonds. The molecule has 0 radical (unpaired) electrons. The summed E-state index contributed by atoms with van der Waals surface area (Å²) >= 11 is 0. The van der Waals surface area contributed by atoms with Gasteiger partial charge in [0.25, 0.3) is 0 Å². The van der Waals surface area contributed by atoms with Crippen LogP contribution in [0.1, 0.15) is 65.2 Å². The molecule has 2 bridgehead atoms. The van der Waals surface area contributed by atoms with Crippen LogP contribution >= 0.6 is 0 Å². The van der Waals surface area contributed by atoms with Gasteiger partial charge in [0, 0.05) is 6.42 Å². The molecule has 0 aromatic rings. The van der Waals surface area contributed by atoms with Crippen LogP contribution in [-0.4, -0.2) is 38.6 Å². The minimum atomic E-state index is 0.0744. The van der Waals surface area contributed by atoms with Crippen molar-refractivity contribution in [3.8, 4) is 0 Å². The van der Waals surface area contributed by atoms with Gasteiger partial charge in [-0.1, -0.05) is 13.8 Å². The van der Waals surface area contributed by atoms with E-state index < -0.39 is 0 Å². The fraction of sp³-hybridized carbons (Fsp3) is 1.00. The molecule has 126 valence electrons. The summed E-state index contributed by atoms with van der Waals surface area (Å²) in [6.07, 6.45) is 11.5. The molecule has 0 aromatic carbocycles. The number of quaternary nitrogens is 1. The molecule has 4 fully saturated rings. The van der Waals surface area contributed by atoms with Crippen molar-refractivity contribution < 1.29 is 14.4 Å². The molecular weight excluding hydrogens is 274 g/mol. The van der Waals surface area contributed by atoms with Crippen LogP contribution in [0.25, 0.3) is 0 Å². The average Bonchev–Trinajstić information content (AvgIpc) is 3.14. The maximum atomic E-state index is 6.32. The number of ether oxygens (including phenoxy) is 2. The Kier molecular flexibility index (Phi) is 4.03. The van der Waals surface area contributed by atoms with Gasteiger partial charge in [-0.3, -0.25) is 0 Å². The fourth-order valence-electron chi connectivity index (χ4n) is 6.04. The third kappa shape index (κ3) is 2.74. The Morgan fingerprint density at radius 1 is 1.09 bits per heavy atom. The van der Waals surface area contributed by atoms with E-state index in [1.807, 2.05) is 0 Å². The fourth-order valence-corrected chi connectivity index (χ4v) is 6.04. The van der Waals surface area contributed by atoms with Crippen LogP contribution in [0, 0.1) is 16.7 Å². The molecule has 0 spiro atoms. The van der Waals surface area contributed by atoms with Gasteiger partial charge < -0.3 is 14.4 Å². The first-order valence-electron chi connectivity index (χ1n) is 9.67. The predicted molar refractivity (Wildman–Crippen MR) is 86.8 cm³/mol. The normalized spacial score (nSPS) is 44.7. The van der Waals surface area contributed by atoms with Gasteiger partial charge in [-0.25, -0.2) is 0 Å². The predicted octanol–water partition coefficient (Wildman–Crippen LogP) is 2.40. The molecular formula is C19H34NO2+. The Balaban J connectivity index is 1.31. The smallest absolute Gasteiger partial charge is 0.159 e. The van der Waals surface area contributed by atoms with E-state index in [9.17, 15) is 0 Å². The topological polar surface area (TPSA) is 22.9 Å². The van der Waals surface area contributed by atoms with Crippen LogP contribution in [0.15, 0.2) is 0 Å². The van der Waals surface area contributed by atoms with E-state index in [2.05, 4.69) is 13.8 Å². The molecule has 2 saturated carbocycles. The van der Waals surface area contributed by atoms with E-state index in [-0.39, 0.29) is 6.29 Å². The van der Waals surface area contributed by atoms with Crippen LogP contribution in [0.4, 0.5) is 0 Å². The lowest BCUT2D eigenvalue weighted by Gasteiger charge is -2.43. The van der Waals surface area contributed by atoms with Crippen LogP contribution in [0.5, 0.6) is 0 Å². The van der Waals surface area contributed by atoms with Crippen molar-refractivity contribution in [2.75, 3.05) is 26.2 Å². The van der Waals surface area contributed by atoms with Gasteiger partial charge in [0.1, 0.15) is 12.6 Å². The summed E-state index contributed by atoms with van der Waals surface area (Å²) in [5, 5.41) is 0. The maximum Gasteiger partial charge on any atom is 0.159 e. The van der Waals surface area contributed by atoms with Gasteiger partial charge in [-0.15, -0.1) is 0 Å². The SMILES string of the molecule is CC1(C)C[C@H]2CC[C@]1(C[C@@H]1OC[C@H](C[NH+]3CCCCC3)O1)C2. The number of fused-ring (bicyclic) bond motifs is 2. The van der Waals surface area contributed by atoms with Crippen molar-refractivity contribution in [2.45, 2.75) is 77.6 Å². The van der Waals surface area contributed by atoms with Crippen LogP contribution < -0.4 is 4.90 Å². The third-order valence-electron chi connectivity index (χ3n) is 7.39. The lowest BCUT2D eigenvalue weighted by atomic mass is 9.63. The monoisotopic (exact) mass is 308 g/mol. The van der Waals surface area contributed by atoms with Gasteiger partial charge in [0.2, 0.25) is 0 Å². The van der Waals surface area contributed by atoms with E-state index in [0.717, 1.165) is 25.5 Å². The number of likely N-dealkylation sites (tertiary alicyclic amines) is 1. The zero-order chi connectivity index (χ0) is 15.2. The molecule has 2 heterocycles. The molecule has 3 heteroatoms. The van der Waals surface area contributed by atoms with Gasteiger partial charge in [-0.2, -0.15) is 0 Å². The standard InChI is InChI=1S/C19H33NO2/c1-18(2)10-15-6-7-19(18,11-15)12-17-21-14-16(22-17)13-20-8-4-3-5-9-20/h15-17H,3-14H2,1-2H3/p+1/t15-,16+,17-,19-/m1/s1. The largest absolute Gasteiger partial charge is 0.350 e. The highest BCUT2D eigenvalue weighted by Crippen LogP contribution is 2.66. The summed E-state index contributed by atoms with van der Waals surface area (Å²) in [4.78, 5) is 1.74. The van der Waals surface area contributed by atoms with Crippen LogP contribution in [0.2, 0.25) is 0 Å². The Morgan fingerprint density at radius 3 is 2.59 bits per heavy atom. The lowest BCUT2D eigenvalue weighted by molar-refractivity contribution is -0.907. The van der Waals surface area contributed by atoms with Crippen molar-refractivity contribution in [3.05, 3.63) is 0 Å². The average molecular weight is 308 g/mol. The quantitative estimate of drug-likeness (QED) is 0.862. The van der Waals surface area contributed by atoms with Crippen LogP contribution in [-0.2, 0) is 9.47 Å². The Bertz CT molecular complexity index is 404. The number of hydrogen-bond donors (Lipinski definition) is 1. The number of nitrogens with one attached hydrogen (secondary N) is 1. The Labute approximate surface area is 135 Å². The molecule has 4 atom stereocenters. The highest BCUT2D eigenvalue weighted by Gasteiger charge is 2.57. The van der Waals surface area contributed by atoms with E-state index in [1.54, 1.807) is 4.90 Å². The maximum absolute atomic E-state index is 6.32. The molecule has 2 aliphatic heterocycles. The first-order valence-corrected chi connectivity index (χ1v) is 9.67. The summed E-state index contributed by atoms with van der Waals surface area (Å²) in [6.45, 7) is 9.63. The number of rotatable bonds is 4. The van der Waals surface area contributed by atoms with Crippen molar-refractivity contribution >= 4 is 0 Å². The molecule has 3 nitrogen and oxygen atoms in total. The molecule has 4 aliphatic rings. The molecule has 0 unspecified atom stereocenters. The van der Waals surface area contributed by atoms with Crippen LogP contribution in [0.3, 0.4) is 0 Å². The molecule has 1 N–H and O–H groups in total. The summed E-state index contributed by atoms with van der Waals surface area (Å²) in [7, 11) is 0. The second-order valence-electron chi connectivity index (χ2n) is 9.22. The zero-order valence-corrected chi connectivity index (χ0v) is 14.5. The molecule has 22 heavy (non-hydrogen) atoms. The molecule has 0 aromatic heterocycles. The summed E-state index contributed by atoms with van der Waals surface area (Å²) < 4.78 is 12.4. The van der Waals surface area contributed by atoms with Gasteiger partial charge in [0.05, 0.1) is 19.7 Å². The minimum absolute atomic E-state index is 0.0744. The summed E-state index contributed by atoms with van der Waals surface area (Å²) in [5.41, 5.74) is 0.980. The first kappa shape index (κ1) is 15.4. The summed E-state index contributed by atoms with van der Waals surface area (Å²) in [6, 6.07) is 0. The number of piperidine rings is 1. The lowest BCUT2D eigenvalue weighted by Crippen LogP contribution is -3.13. The Morgan fingerprint density at radius 2 is 1.91 bits per heavy atom. The van der Waals surface area contributed by atoms with Crippen molar-refractivity contribution in [3.63, 3.8) is 0 Å². The highest BCUT2D eigenvalue weighted by molar-refractivity contribution is 5.06.